The number of aromatic nitrogens is 2. The molecule has 1 N–H and O–H groups in total. The Morgan fingerprint density at radius 3 is 2.77 bits per heavy atom. The molecule has 0 amide bonds. The largest absolute Gasteiger partial charge is 0.254 e. The van der Waals surface area contributed by atoms with Crippen LogP contribution < -0.4 is 4.57 Å². The van der Waals surface area contributed by atoms with E-state index in [4.69, 9.17) is 0 Å². The number of aromatic amines is 1. The van der Waals surface area contributed by atoms with Gasteiger partial charge in [-0.2, -0.15) is 0 Å². The summed E-state index contributed by atoms with van der Waals surface area (Å²) in [6.07, 6.45) is 10.5. The fourth-order valence-corrected chi connectivity index (χ4v) is 1.60. The summed E-state index contributed by atoms with van der Waals surface area (Å²) in [6.45, 7) is 5.61. The number of hydrogen-bond acceptors (Lipinski definition) is 0. The number of aryl methyl sites for hydroxylation is 2. The first-order chi connectivity index (χ1) is 6.38. The molecule has 13 heavy (non-hydrogen) atoms. The van der Waals surface area contributed by atoms with Crippen molar-refractivity contribution in [1.82, 2.24) is 4.98 Å². The van der Waals surface area contributed by atoms with E-state index in [0.717, 1.165) is 6.54 Å². The molecule has 1 rings (SSSR count). The molecule has 2 nitrogen and oxygen atoms in total. The molecule has 0 bridgehead atoms. The standard InChI is InChI=1S/C11H20N2/c1-3-5-6-7-11-12-8-10-13(11)9-4-2/h8,10H,3-7,9H2,1-2H3/p+1. The third-order valence-electron chi connectivity index (χ3n) is 2.33. The van der Waals surface area contributed by atoms with Crippen molar-refractivity contribution in [3.05, 3.63) is 18.2 Å². The number of imidazole rings is 1. The number of H-pyrrole nitrogens is 1. The maximum atomic E-state index is 3.31. The molecule has 74 valence electrons. The van der Waals surface area contributed by atoms with E-state index in [1.54, 1.807) is 0 Å². The maximum absolute atomic E-state index is 3.31. The number of nitrogens with one attached hydrogen (secondary N) is 1. The van der Waals surface area contributed by atoms with Crippen molar-refractivity contribution in [3.8, 4) is 0 Å². The first kappa shape index (κ1) is 10.3. The molecule has 0 aliphatic rings. The van der Waals surface area contributed by atoms with E-state index in [2.05, 4.69) is 29.6 Å². The lowest BCUT2D eigenvalue weighted by molar-refractivity contribution is -0.702. The molecule has 0 radical (unpaired) electrons. The normalized spacial score (nSPS) is 10.6. The van der Waals surface area contributed by atoms with Crippen molar-refractivity contribution >= 4 is 0 Å². The van der Waals surface area contributed by atoms with Gasteiger partial charge in [-0.3, -0.25) is 0 Å². The zero-order chi connectivity index (χ0) is 9.52. The van der Waals surface area contributed by atoms with Crippen molar-refractivity contribution in [3.63, 3.8) is 0 Å². The van der Waals surface area contributed by atoms with Gasteiger partial charge < -0.3 is 0 Å². The van der Waals surface area contributed by atoms with Gasteiger partial charge in [0, 0.05) is 6.42 Å². The van der Waals surface area contributed by atoms with Crippen LogP contribution in [0.2, 0.25) is 0 Å². The monoisotopic (exact) mass is 181 g/mol. The van der Waals surface area contributed by atoms with Crippen LogP contribution in [0.25, 0.3) is 0 Å². The lowest BCUT2D eigenvalue weighted by Crippen LogP contribution is -2.35. The van der Waals surface area contributed by atoms with Gasteiger partial charge in [0.05, 0.1) is 6.54 Å². The van der Waals surface area contributed by atoms with Gasteiger partial charge >= 0.3 is 0 Å². The van der Waals surface area contributed by atoms with E-state index in [0.29, 0.717) is 0 Å². The highest BCUT2D eigenvalue weighted by molar-refractivity contribution is 4.77. The molecule has 0 atom stereocenters. The second-order valence-corrected chi connectivity index (χ2v) is 3.56. The Morgan fingerprint density at radius 1 is 1.23 bits per heavy atom. The molecular weight excluding hydrogens is 160 g/mol. The van der Waals surface area contributed by atoms with Crippen LogP contribution in [-0.4, -0.2) is 4.98 Å². The Kier molecular flexibility index (Phi) is 4.58. The highest BCUT2D eigenvalue weighted by atomic mass is 15.1. The molecule has 1 aromatic rings. The fourth-order valence-electron chi connectivity index (χ4n) is 1.60. The van der Waals surface area contributed by atoms with Crippen LogP contribution in [0.15, 0.2) is 12.4 Å². The topological polar surface area (TPSA) is 19.7 Å². The molecule has 0 spiro atoms. The summed E-state index contributed by atoms with van der Waals surface area (Å²) in [7, 11) is 0. The van der Waals surface area contributed by atoms with Gasteiger partial charge in [-0.15, -0.1) is 0 Å². The summed E-state index contributed by atoms with van der Waals surface area (Å²) in [5, 5.41) is 0. The molecule has 0 aromatic carbocycles. The summed E-state index contributed by atoms with van der Waals surface area (Å²) in [5.74, 6) is 1.38. The fraction of sp³-hybridized carbons (Fsp3) is 0.727. The van der Waals surface area contributed by atoms with Gasteiger partial charge in [-0.1, -0.05) is 26.7 Å². The first-order valence-electron chi connectivity index (χ1n) is 5.44. The second kappa shape index (κ2) is 5.79. The average molecular weight is 181 g/mol. The summed E-state index contributed by atoms with van der Waals surface area (Å²) < 4.78 is 2.33. The number of unbranched alkanes of at least 4 members (excludes halogenated alkanes) is 2. The van der Waals surface area contributed by atoms with Crippen LogP contribution in [0.4, 0.5) is 0 Å². The highest BCUT2D eigenvalue weighted by Crippen LogP contribution is 2.00. The van der Waals surface area contributed by atoms with Gasteiger partial charge in [0.25, 0.3) is 5.82 Å². The lowest BCUT2D eigenvalue weighted by atomic mass is 10.2. The van der Waals surface area contributed by atoms with Crippen LogP contribution in [0, 0.1) is 0 Å². The molecule has 0 aliphatic heterocycles. The molecule has 1 aromatic heterocycles. The summed E-state index contributed by atoms with van der Waals surface area (Å²) in [6, 6.07) is 0. The number of rotatable bonds is 6. The molecule has 0 aliphatic carbocycles. The SMILES string of the molecule is CCCCCc1[nH]cc[n+]1CCC. The van der Waals surface area contributed by atoms with E-state index < -0.39 is 0 Å². The zero-order valence-electron chi connectivity index (χ0n) is 8.84. The summed E-state index contributed by atoms with van der Waals surface area (Å²) >= 11 is 0. The van der Waals surface area contributed by atoms with E-state index in [1.165, 1.54) is 37.9 Å². The van der Waals surface area contributed by atoms with Gasteiger partial charge in [0.2, 0.25) is 0 Å². The smallest absolute Gasteiger partial charge is 0.248 e. The van der Waals surface area contributed by atoms with Crippen molar-refractivity contribution in [2.75, 3.05) is 0 Å². The molecule has 0 saturated carbocycles. The van der Waals surface area contributed by atoms with Crippen molar-refractivity contribution in [2.24, 2.45) is 0 Å². The van der Waals surface area contributed by atoms with Crippen LogP contribution in [0.1, 0.15) is 45.4 Å². The van der Waals surface area contributed by atoms with Gasteiger partial charge in [0.15, 0.2) is 0 Å². The minimum absolute atomic E-state index is 1.14. The van der Waals surface area contributed by atoms with E-state index >= 15 is 0 Å². The Balaban J connectivity index is 2.40. The molecule has 1 heterocycles. The zero-order valence-corrected chi connectivity index (χ0v) is 8.84. The number of hydrogen-bond donors (Lipinski definition) is 1. The van der Waals surface area contributed by atoms with Crippen LogP contribution in [-0.2, 0) is 13.0 Å². The Morgan fingerprint density at radius 2 is 2.08 bits per heavy atom. The van der Waals surface area contributed by atoms with Crippen LogP contribution >= 0.6 is 0 Å². The minimum atomic E-state index is 1.14. The second-order valence-electron chi connectivity index (χ2n) is 3.56. The van der Waals surface area contributed by atoms with Crippen LogP contribution in [0.3, 0.4) is 0 Å². The van der Waals surface area contributed by atoms with Crippen LogP contribution in [0.5, 0.6) is 0 Å². The Labute approximate surface area is 81.0 Å². The van der Waals surface area contributed by atoms with Crippen molar-refractivity contribution in [2.45, 2.75) is 52.5 Å². The molecule has 0 fully saturated rings. The predicted octanol–water partition coefficient (Wildman–Crippen LogP) is 2.44. The predicted molar refractivity (Wildman–Crippen MR) is 54.5 cm³/mol. The third kappa shape index (κ3) is 3.21. The van der Waals surface area contributed by atoms with Crippen molar-refractivity contribution < 1.29 is 4.57 Å². The van der Waals surface area contributed by atoms with Gasteiger partial charge in [0.1, 0.15) is 12.4 Å². The Bertz CT molecular complexity index is 228. The van der Waals surface area contributed by atoms with E-state index in [9.17, 15) is 0 Å². The average Bonchev–Trinajstić information content (AvgIpc) is 2.54. The van der Waals surface area contributed by atoms with Gasteiger partial charge in [-0.25, -0.2) is 9.55 Å². The maximum Gasteiger partial charge on any atom is 0.254 e. The highest BCUT2D eigenvalue weighted by Gasteiger charge is 2.07. The van der Waals surface area contributed by atoms with Crippen molar-refractivity contribution in [1.29, 1.82) is 0 Å². The molecule has 0 saturated heterocycles. The van der Waals surface area contributed by atoms with Gasteiger partial charge in [-0.05, 0) is 12.8 Å². The number of nitrogens with zero attached hydrogens (tertiary/aromatic N) is 1. The lowest BCUT2D eigenvalue weighted by Gasteiger charge is -1.98. The van der Waals surface area contributed by atoms with E-state index in [-0.39, 0.29) is 0 Å². The minimum Gasteiger partial charge on any atom is -0.248 e. The molecule has 2 heteroatoms. The molecule has 0 unspecified atom stereocenters. The third-order valence-corrected chi connectivity index (χ3v) is 2.33. The summed E-state index contributed by atoms with van der Waals surface area (Å²) in [4.78, 5) is 3.31. The molecular formula is C11H21N2+. The first-order valence-corrected chi connectivity index (χ1v) is 5.44. The Hall–Kier alpha value is -0.790. The van der Waals surface area contributed by atoms with E-state index in [1.807, 2.05) is 6.20 Å². The quantitative estimate of drug-likeness (QED) is 0.514. The summed E-state index contributed by atoms with van der Waals surface area (Å²) in [5.41, 5.74) is 0.